The highest BCUT2D eigenvalue weighted by Crippen LogP contribution is 2.39. The SMILES string of the molecule is COc1cccc(C2(NC[C@@H](O)[C@H](C)NC(=O)c3cc(C(=O)N[C@H](C)c4ccccc4)cc(N(C)S(C)(=O)=O)c3)CCCC2)c1. The third-order valence-corrected chi connectivity index (χ3v) is 9.82. The molecular formula is C34H44N4O6S. The second-order valence-corrected chi connectivity index (χ2v) is 13.9. The van der Waals surface area contributed by atoms with Crippen LogP contribution in [0.25, 0.3) is 0 Å². The number of benzene rings is 3. The molecule has 11 heteroatoms. The van der Waals surface area contributed by atoms with Crippen LogP contribution in [0.5, 0.6) is 5.75 Å². The lowest BCUT2D eigenvalue weighted by Gasteiger charge is -2.33. The van der Waals surface area contributed by atoms with Gasteiger partial charge >= 0.3 is 0 Å². The molecule has 10 nitrogen and oxygen atoms in total. The first kappa shape index (κ1) is 34.0. The van der Waals surface area contributed by atoms with Gasteiger partial charge in [-0.1, -0.05) is 55.3 Å². The van der Waals surface area contributed by atoms with Crippen LogP contribution in [0.2, 0.25) is 0 Å². The molecule has 0 saturated heterocycles. The monoisotopic (exact) mass is 636 g/mol. The van der Waals surface area contributed by atoms with Gasteiger partial charge in [0.2, 0.25) is 10.0 Å². The van der Waals surface area contributed by atoms with E-state index in [2.05, 4.69) is 22.0 Å². The van der Waals surface area contributed by atoms with Gasteiger partial charge in [0.25, 0.3) is 11.8 Å². The molecule has 3 aromatic rings. The summed E-state index contributed by atoms with van der Waals surface area (Å²) in [5.41, 5.74) is 2.09. The van der Waals surface area contributed by atoms with Crippen molar-refractivity contribution in [2.24, 2.45) is 0 Å². The zero-order valence-corrected chi connectivity index (χ0v) is 27.4. The summed E-state index contributed by atoms with van der Waals surface area (Å²) in [5, 5.41) is 20.4. The van der Waals surface area contributed by atoms with Gasteiger partial charge in [-0.2, -0.15) is 0 Å². The normalized spacial score (nSPS) is 16.3. The third-order valence-electron chi connectivity index (χ3n) is 8.62. The third kappa shape index (κ3) is 8.42. The smallest absolute Gasteiger partial charge is 0.251 e. The van der Waals surface area contributed by atoms with E-state index in [9.17, 15) is 23.1 Å². The van der Waals surface area contributed by atoms with Crippen molar-refractivity contribution in [1.29, 1.82) is 0 Å². The molecule has 1 saturated carbocycles. The minimum Gasteiger partial charge on any atom is -0.497 e. The van der Waals surface area contributed by atoms with Gasteiger partial charge in [0.15, 0.2) is 0 Å². The number of anilines is 1. The average molecular weight is 637 g/mol. The van der Waals surface area contributed by atoms with E-state index >= 15 is 0 Å². The number of methoxy groups -OCH3 is 1. The number of carbonyl (C=O) groups excluding carboxylic acids is 2. The second kappa shape index (κ2) is 14.4. The molecule has 4 rings (SSSR count). The predicted molar refractivity (Wildman–Crippen MR) is 176 cm³/mol. The first-order valence-corrected chi connectivity index (χ1v) is 17.0. The number of aliphatic hydroxyl groups is 1. The lowest BCUT2D eigenvalue weighted by molar-refractivity contribution is 0.0830. The average Bonchev–Trinajstić information content (AvgIpc) is 3.53. The molecule has 0 heterocycles. The van der Waals surface area contributed by atoms with Crippen molar-refractivity contribution >= 4 is 27.5 Å². The van der Waals surface area contributed by atoms with Crippen molar-refractivity contribution in [1.82, 2.24) is 16.0 Å². The fourth-order valence-electron chi connectivity index (χ4n) is 5.68. The molecule has 3 aromatic carbocycles. The molecule has 1 aliphatic rings. The first-order chi connectivity index (χ1) is 21.3. The number of nitrogens with one attached hydrogen (secondary N) is 3. The van der Waals surface area contributed by atoms with Crippen molar-refractivity contribution in [2.75, 3.05) is 31.3 Å². The molecule has 242 valence electrons. The summed E-state index contributed by atoms with van der Waals surface area (Å²) in [7, 11) is -0.681. The quantitative estimate of drug-likeness (QED) is 0.222. The topological polar surface area (TPSA) is 137 Å². The minimum absolute atomic E-state index is 0.0937. The maximum absolute atomic E-state index is 13.5. The first-order valence-electron chi connectivity index (χ1n) is 15.2. The van der Waals surface area contributed by atoms with E-state index in [-0.39, 0.29) is 34.9 Å². The lowest BCUT2D eigenvalue weighted by atomic mass is 9.87. The van der Waals surface area contributed by atoms with Gasteiger partial charge in [-0.25, -0.2) is 8.42 Å². The van der Waals surface area contributed by atoms with E-state index in [1.165, 1.54) is 25.2 Å². The predicted octanol–water partition coefficient (Wildman–Crippen LogP) is 4.12. The number of carbonyl (C=O) groups is 2. The van der Waals surface area contributed by atoms with Gasteiger partial charge in [-0.3, -0.25) is 13.9 Å². The highest BCUT2D eigenvalue weighted by Gasteiger charge is 2.36. The van der Waals surface area contributed by atoms with Crippen LogP contribution in [-0.2, 0) is 15.6 Å². The number of ether oxygens (including phenoxy) is 1. The maximum Gasteiger partial charge on any atom is 0.251 e. The Hall–Kier alpha value is -3.93. The van der Waals surface area contributed by atoms with E-state index in [4.69, 9.17) is 4.74 Å². The largest absolute Gasteiger partial charge is 0.497 e. The summed E-state index contributed by atoms with van der Waals surface area (Å²) >= 11 is 0. The molecular weight excluding hydrogens is 592 g/mol. The highest BCUT2D eigenvalue weighted by atomic mass is 32.2. The molecule has 0 unspecified atom stereocenters. The van der Waals surface area contributed by atoms with Gasteiger partial charge in [-0.15, -0.1) is 0 Å². The summed E-state index contributed by atoms with van der Waals surface area (Å²) in [5.74, 6) is -0.229. The molecule has 3 atom stereocenters. The Bertz CT molecular complexity index is 1590. The van der Waals surface area contributed by atoms with Crippen LogP contribution in [-0.4, -0.2) is 64.4 Å². The molecule has 1 aliphatic carbocycles. The van der Waals surface area contributed by atoms with Gasteiger partial charge in [0.1, 0.15) is 5.75 Å². The van der Waals surface area contributed by atoms with E-state index < -0.39 is 34.0 Å². The van der Waals surface area contributed by atoms with Crippen LogP contribution in [0, 0.1) is 0 Å². The van der Waals surface area contributed by atoms with E-state index in [0.717, 1.165) is 53.1 Å². The summed E-state index contributed by atoms with van der Waals surface area (Å²) in [4.78, 5) is 26.8. The van der Waals surface area contributed by atoms with Crippen LogP contribution in [0.4, 0.5) is 5.69 Å². The summed E-state index contributed by atoms with van der Waals surface area (Å²) in [6.07, 6.45) is 4.08. The minimum atomic E-state index is -3.68. The fraction of sp³-hybridized carbons (Fsp3) is 0.412. The van der Waals surface area contributed by atoms with Crippen LogP contribution < -0.4 is 25.0 Å². The molecule has 0 aliphatic heterocycles. The molecule has 0 bridgehead atoms. The van der Waals surface area contributed by atoms with E-state index in [1.54, 1.807) is 14.0 Å². The van der Waals surface area contributed by atoms with Crippen molar-refractivity contribution in [2.45, 2.75) is 63.3 Å². The van der Waals surface area contributed by atoms with E-state index in [0.29, 0.717) is 0 Å². The molecule has 0 spiro atoms. The number of sulfonamides is 1. The van der Waals surface area contributed by atoms with Crippen molar-refractivity contribution in [3.05, 3.63) is 95.1 Å². The van der Waals surface area contributed by atoms with Gasteiger partial charge in [-0.05, 0) is 68.1 Å². The lowest BCUT2D eigenvalue weighted by Crippen LogP contribution is -2.50. The zero-order valence-electron chi connectivity index (χ0n) is 26.5. The molecule has 4 N–H and O–H groups in total. The Morgan fingerprint density at radius 1 is 0.933 bits per heavy atom. The molecule has 45 heavy (non-hydrogen) atoms. The standard InChI is InChI=1S/C34H44N4O6S/c1-23(25-12-7-6-8-13-25)36-32(40)26-18-27(20-29(19-26)38(3)45(5,42)43)33(41)37-24(2)31(39)22-35-34(16-9-10-17-34)28-14-11-15-30(21-28)44-4/h6-8,11-15,18-21,23-24,31,35,39H,9-10,16-17,22H2,1-5H3,(H,36,40)(H,37,41)/t23-,24+,31-/m1/s1. The summed E-state index contributed by atoms with van der Waals surface area (Å²) in [6, 6.07) is 20.7. The number of hydrogen-bond donors (Lipinski definition) is 4. The van der Waals surface area contributed by atoms with Gasteiger partial charge < -0.3 is 25.8 Å². The fourth-order valence-corrected chi connectivity index (χ4v) is 6.17. The highest BCUT2D eigenvalue weighted by molar-refractivity contribution is 7.92. The number of nitrogens with zero attached hydrogens (tertiary/aromatic N) is 1. The zero-order chi connectivity index (χ0) is 32.8. The van der Waals surface area contributed by atoms with Gasteiger partial charge in [0.05, 0.1) is 37.2 Å². The second-order valence-electron chi connectivity index (χ2n) is 11.8. The van der Waals surface area contributed by atoms with Crippen LogP contribution in [0.3, 0.4) is 0 Å². The number of rotatable bonds is 13. The van der Waals surface area contributed by atoms with E-state index in [1.807, 2.05) is 55.5 Å². The molecule has 0 radical (unpaired) electrons. The Labute approximate surface area is 266 Å². The summed E-state index contributed by atoms with van der Waals surface area (Å²) < 4.78 is 31.1. The Kier molecular flexibility index (Phi) is 10.9. The Balaban J connectivity index is 1.50. The van der Waals surface area contributed by atoms with Crippen LogP contribution in [0.1, 0.15) is 77.4 Å². The molecule has 0 aromatic heterocycles. The molecule has 1 fully saturated rings. The van der Waals surface area contributed by atoms with Crippen molar-refractivity contribution in [3.63, 3.8) is 0 Å². The molecule has 2 amide bonds. The van der Waals surface area contributed by atoms with Crippen LogP contribution in [0.15, 0.2) is 72.8 Å². The van der Waals surface area contributed by atoms with Crippen LogP contribution >= 0.6 is 0 Å². The Morgan fingerprint density at radius 2 is 1.56 bits per heavy atom. The van der Waals surface area contributed by atoms with Gasteiger partial charge in [0, 0.05) is 30.3 Å². The van der Waals surface area contributed by atoms with Crippen molar-refractivity contribution in [3.8, 4) is 5.75 Å². The Morgan fingerprint density at radius 3 is 2.16 bits per heavy atom. The number of hydrogen-bond acceptors (Lipinski definition) is 7. The number of aliphatic hydroxyl groups excluding tert-OH is 1. The van der Waals surface area contributed by atoms with Crippen molar-refractivity contribution < 1.29 is 27.9 Å². The number of amides is 2. The summed E-state index contributed by atoms with van der Waals surface area (Å²) in [6.45, 7) is 3.79. The maximum atomic E-state index is 13.5.